The summed E-state index contributed by atoms with van der Waals surface area (Å²) in [6.45, 7) is 0.963. The number of carbonyl (C=O) groups excluding carboxylic acids is 1. The molecule has 1 rings (SSSR count). The van der Waals surface area contributed by atoms with Crippen molar-refractivity contribution >= 4 is 11.6 Å². The zero-order valence-electron chi connectivity index (χ0n) is 11.2. The Hall–Kier alpha value is -1.99. The first-order valence-electron chi connectivity index (χ1n) is 6.27. The van der Waals surface area contributed by atoms with E-state index in [4.69, 9.17) is 0 Å². The molecule has 7 nitrogen and oxygen atoms in total. The Morgan fingerprint density at radius 3 is 2.45 bits per heavy atom. The second kappa shape index (κ2) is 6.97. The Labute approximate surface area is 116 Å². The maximum absolute atomic E-state index is 12.1. The molecular weight excluding hydrogens is 264 g/mol. The van der Waals surface area contributed by atoms with Crippen molar-refractivity contribution in [3.63, 3.8) is 0 Å². The van der Waals surface area contributed by atoms with Gasteiger partial charge in [0.05, 0.1) is 23.7 Å². The van der Waals surface area contributed by atoms with Crippen LogP contribution >= 0.6 is 0 Å². The molecule has 0 fully saturated rings. The van der Waals surface area contributed by atoms with E-state index in [1.807, 2.05) is 6.92 Å². The van der Waals surface area contributed by atoms with Crippen molar-refractivity contribution in [2.24, 2.45) is 0 Å². The number of para-hydroxylation sites is 1. The maximum atomic E-state index is 12.1. The zero-order valence-corrected chi connectivity index (χ0v) is 11.2. The molecule has 0 unspecified atom stereocenters. The van der Waals surface area contributed by atoms with Crippen molar-refractivity contribution in [3.05, 3.63) is 39.9 Å². The summed E-state index contributed by atoms with van der Waals surface area (Å²) in [5.41, 5.74) is -1.58. The number of benzene rings is 1. The normalized spacial score (nSPS) is 11.2. The number of aliphatic hydroxyl groups excluding tert-OH is 2. The molecule has 20 heavy (non-hydrogen) atoms. The Morgan fingerprint density at radius 1 is 1.35 bits per heavy atom. The number of nitro groups is 1. The monoisotopic (exact) mass is 282 g/mol. The second-order valence-electron chi connectivity index (χ2n) is 4.57. The van der Waals surface area contributed by atoms with Gasteiger partial charge in [0, 0.05) is 6.07 Å². The van der Waals surface area contributed by atoms with Crippen LogP contribution in [0.1, 0.15) is 30.1 Å². The fraction of sp³-hybridized carbons (Fsp3) is 0.462. The number of amides is 1. The number of hydrogen-bond acceptors (Lipinski definition) is 5. The lowest BCUT2D eigenvalue weighted by Gasteiger charge is -2.30. The molecule has 0 atom stereocenters. The van der Waals surface area contributed by atoms with Crippen LogP contribution in [0.2, 0.25) is 0 Å². The van der Waals surface area contributed by atoms with E-state index in [-0.39, 0.29) is 11.3 Å². The standard InChI is InChI=1S/C13H18N2O5/c1-2-7-13(8-16,9-17)14-12(18)10-5-3-4-6-11(10)15(19)20/h3-6,16-17H,2,7-9H2,1H3,(H,14,18). The second-order valence-corrected chi connectivity index (χ2v) is 4.57. The minimum atomic E-state index is -1.17. The van der Waals surface area contributed by atoms with Gasteiger partial charge >= 0.3 is 0 Å². The third kappa shape index (κ3) is 3.52. The fourth-order valence-corrected chi connectivity index (χ4v) is 1.96. The molecule has 0 spiro atoms. The minimum Gasteiger partial charge on any atom is -0.394 e. The van der Waals surface area contributed by atoms with Gasteiger partial charge < -0.3 is 15.5 Å². The number of carbonyl (C=O) groups is 1. The van der Waals surface area contributed by atoms with Gasteiger partial charge in [0.2, 0.25) is 0 Å². The summed E-state index contributed by atoms with van der Waals surface area (Å²) in [4.78, 5) is 22.4. The van der Waals surface area contributed by atoms with E-state index in [9.17, 15) is 25.1 Å². The van der Waals surface area contributed by atoms with Crippen molar-refractivity contribution < 1.29 is 19.9 Å². The highest BCUT2D eigenvalue weighted by Gasteiger charge is 2.32. The van der Waals surface area contributed by atoms with Crippen molar-refractivity contribution in [3.8, 4) is 0 Å². The van der Waals surface area contributed by atoms with Crippen molar-refractivity contribution in [2.45, 2.75) is 25.3 Å². The maximum Gasteiger partial charge on any atom is 0.282 e. The highest BCUT2D eigenvalue weighted by atomic mass is 16.6. The number of nitrogens with zero attached hydrogens (tertiary/aromatic N) is 1. The Kier molecular flexibility index (Phi) is 5.60. The number of nitro benzene ring substituents is 1. The van der Waals surface area contributed by atoms with E-state index in [1.165, 1.54) is 24.3 Å². The van der Waals surface area contributed by atoms with E-state index < -0.39 is 29.6 Å². The highest BCUT2D eigenvalue weighted by molar-refractivity contribution is 5.98. The summed E-state index contributed by atoms with van der Waals surface area (Å²) in [5, 5.41) is 32.1. The fourth-order valence-electron chi connectivity index (χ4n) is 1.96. The topological polar surface area (TPSA) is 113 Å². The molecule has 0 heterocycles. The summed E-state index contributed by atoms with van der Waals surface area (Å²) >= 11 is 0. The lowest BCUT2D eigenvalue weighted by atomic mass is 9.95. The molecule has 0 bridgehead atoms. The van der Waals surface area contributed by atoms with Gasteiger partial charge in [0.1, 0.15) is 5.56 Å². The van der Waals surface area contributed by atoms with Crippen LogP contribution in [-0.4, -0.2) is 39.8 Å². The SMILES string of the molecule is CCCC(CO)(CO)NC(=O)c1ccccc1[N+](=O)[O-]. The van der Waals surface area contributed by atoms with Crippen LogP contribution in [0.3, 0.4) is 0 Å². The van der Waals surface area contributed by atoms with Gasteiger partial charge in [-0.25, -0.2) is 0 Å². The highest BCUT2D eigenvalue weighted by Crippen LogP contribution is 2.19. The third-order valence-electron chi connectivity index (χ3n) is 3.06. The molecule has 0 saturated carbocycles. The summed E-state index contributed by atoms with van der Waals surface area (Å²) in [7, 11) is 0. The van der Waals surface area contributed by atoms with Gasteiger partial charge in [0.25, 0.3) is 11.6 Å². The molecule has 3 N–H and O–H groups in total. The first-order valence-corrected chi connectivity index (χ1v) is 6.27. The summed E-state index contributed by atoms with van der Waals surface area (Å²) < 4.78 is 0. The van der Waals surface area contributed by atoms with Crippen LogP contribution in [0, 0.1) is 10.1 Å². The van der Waals surface area contributed by atoms with E-state index in [0.717, 1.165) is 0 Å². The molecule has 1 aromatic rings. The Morgan fingerprint density at radius 2 is 1.95 bits per heavy atom. The molecular formula is C13H18N2O5. The van der Waals surface area contributed by atoms with Gasteiger partial charge in [-0.05, 0) is 12.5 Å². The number of aliphatic hydroxyl groups is 2. The van der Waals surface area contributed by atoms with Gasteiger partial charge in [-0.1, -0.05) is 25.5 Å². The Bertz CT molecular complexity index is 485. The van der Waals surface area contributed by atoms with Crippen LogP contribution in [0.25, 0.3) is 0 Å². The van der Waals surface area contributed by atoms with Crippen LogP contribution < -0.4 is 5.32 Å². The van der Waals surface area contributed by atoms with Crippen LogP contribution in [-0.2, 0) is 0 Å². The molecule has 1 amide bonds. The van der Waals surface area contributed by atoms with E-state index in [2.05, 4.69) is 5.32 Å². The summed E-state index contributed by atoms with van der Waals surface area (Å²) in [5.74, 6) is -0.686. The molecule has 0 aromatic heterocycles. The third-order valence-corrected chi connectivity index (χ3v) is 3.06. The van der Waals surface area contributed by atoms with Crippen molar-refractivity contribution in [1.82, 2.24) is 5.32 Å². The van der Waals surface area contributed by atoms with Crippen molar-refractivity contribution in [2.75, 3.05) is 13.2 Å². The minimum absolute atomic E-state index is 0.0973. The predicted molar refractivity (Wildman–Crippen MR) is 72.4 cm³/mol. The van der Waals surface area contributed by atoms with Crippen LogP contribution in [0.15, 0.2) is 24.3 Å². The first kappa shape index (κ1) is 16.1. The van der Waals surface area contributed by atoms with Crippen LogP contribution in [0.5, 0.6) is 0 Å². The predicted octanol–water partition coefficient (Wildman–Crippen LogP) is 0.848. The van der Waals surface area contributed by atoms with Gasteiger partial charge in [-0.15, -0.1) is 0 Å². The van der Waals surface area contributed by atoms with Gasteiger partial charge in [0.15, 0.2) is 0 Å². The summed E-state index contributed by atoms with van der Waals surface area (Å²) in [6.07, 6.45) is 1.00. The largest absolute Gasteiger partial charge is 0.394 e. The summed E-state index contributed by atoms with van der Waals surface area (Å²) in [6, 6.07) is 5.54. The van der Waals surface area contributed by atoms with Gasteiger partial charge in [-0.3, -0.25) is 14.9 Å². The average molecular weight is 282 g/mol. The molecule has 0 saturated heterocycles. The zero-order chi connectivity index (χ0) is 15.2. The molecule has 1 aromatic carbocycles. The van der Waals surface area contributed by atoms with Crippen molar-refractivity contribution in [1.29, 1.82) is 0 Å². The number of hydrogen-bond donors (Lipinski definition) is 3. The van der Waals surface area contributed by atoms with E-state index >= 15 is 0 Å². The van der Waals surface area contributed by atoms with E-state index in [0.29, 0.717) is 12.8 Å². The van der Waals surface area contributed by atoms with Crippen LogP contribution in [0.4, 0.5) is 5.69 Å². The van der Waals surface area contributed by atoms with Gasteiger partial charge in [-0.2, -0.15) is 0 Å². The molecule has 0 aliphatic rings. The molecule has 7 heteroatoms. The smallest absolute Gasteiger partial charge is 0.282 e. The molecule has 0 radical (unpaired) electrons. The first-order chi connectivity index (χ1) is 9.49. The quantitative estimate of drug-likeness (QED) is 0.507. The molecule has 0 aliphatic carbocycles. The molecule has 110 valence electrons. The lowest BCUT2D eigenvalue weighted by molar-refractivity contribution is -0.385. The molecule has 0 aliphatic heterocycles. The lowest BCUT2D eigenvalue weighted by Crippen LogP contribution is -2.54. The average Bonchev–Trinajstić information content (AvgIpc) is 2.46. The van der Waals surface area contributed by atoms with E-state index in [1.54, 1.807) is 0 Å². The number of rotatable bonds is 7. The number of nitrogens with one attached hydrogen (secondary N) is 1. The Balaban J connectivity index is 3.04.